The van der Waals surface area contributed by atoms with Crippen molar-refractivity contribution in [2.24, 2.45) is 0 Å². The molecule has 1 fully saturated rings. The Kier molecular flexibility index (Phi) is 6.38. The van der Waals surface area contributed by atoms with E-state index in [4.69, 9.17) is 19.7 Å². The summed E-state index contributed by atoms with van der Waals surface area (Å²) in [5, 5.41) is 19.9. The molecule has 0 aromatic rings. The van der Waals surface area contributed by atoms with Crippen molar-refractivity contribution < 1.29 is 34.1 Å². The molecule has 0 aliphatic carbocycles. The molecule has 0 radical (unpaired) electrons. The lowest BCUT2D eigenvalue weighted by Crippen LogP contribution is -2.47. The molecule has 0 bridgehead atoms. The maximum Gasteiger partial charge on any atom is 0.326 e. The van der Waals surface area contributed by atoms with Crippen LogP contribution in [-0.4, -0.2) is 78.6 Å². The molecule has 9 nitrogen and oxygen atoms in total. The van der Waals surface area contributed by atoms with Crippen LogP contribution in [0.3, 0.4) is 0 Å². The molecular weight excluding hydrogens is 284 g/mol. The highest BCUT2D eigenvalue weighted by Gasteiger charge is 2.36. The molecule has 0 spiro atoms. The Balaban J connectivity index is 2.57. The van der Waals surface area contributed by atoms with Crippen LogP contribution in [0.15, 0.2) is 0 Å². The van der Waals surface area contributed by atoms with Gasteiger partial charge in [-0.1, -0.05) is 0 Å². The van der Waals surface area contributed by atoms with Gasteiger partial charge in [-0.15, -0.1) is 0 Å². The summed E-state index contributed by atoms with van der Waals surface area (Å²) in [5.41, 5.74) is 0. The molecule has 0 aromatic heterocycles. The zero-order chi connectivity index (χ0) is 16.0. The molecule has 3 atom stereocenters. The number of likely N-dealkylation sites (tertiary alicyclic amines) is 1. The van der Waals surface area contributed by atoms with Gasteiger partial charge in [-0.3, -0.25) is 4.79 Å². The van der Waals surface area contributed by atoms with Gasteiger partial charge >= 0.3 is 18.0 Å². The highest BCUT2D eigenvalue weighted by atomic mass is 16.5. The largest absolute Gasteiger partial charge is 0.481 e. The SMILES string of the molecule is COC1CN(C(=O)N[C@@H](CCC(=O)O)C(=O)O)CC1OC. The van der Waals surface area contributed by atoms with E-state index in [1.807, 2.05) is 0 Å². The van der Waals surface area contributed by atoms with Crippen LogP contribution >= 0.6 is 0 Å². The van der Waals surface area contributed by atoms with Gasteiger partial charge in [0.2, 0.25) is 0 Å². The number of nitrogens with one attached hydrogen (secondary N) is 1. The van der Waals surface area contributed by atoms with E-state index in [0.717, 1.165) is 0 Å². The van der Waals surface area contributed by atoms with Gasteiger partial charge in [-0.2, -0.15) is 0 Å². The fourth-order valence-electron chi connectivity index (χ4n) is 2.13. The number of rotatable bonds is 7. The molecule has 3 N–H and O–H groups in total. The number of urea groups is 1. The zero-order valence-electron chi connectivity index (χ0n) is 11.9. The van der Waals surface area contributed by atoms with Gasteiger partial charge in [-0.25, -0.2) is 9.59 Å². The number of hydrogen-bond acceptors (Lipinski definition) is 5. The highest BCUT2D eigenvalue weighted by molar-refractivity contribution is 5.83. The standard InChI is InChI=1S/C12H20N2O7/c1-20-8-5-14(6-9(8)21-2)12(19)13-7(11(17)18)3-4-10(15)16/h7-9H,3-6H2,1-2H3,(H,13,19)(H,15,16)(H,17,18)/t7-,8?,9?/m0/s1. The van der Waals surface area contributed by atoms with Crippen LogP contribution in [0.2, 0.25) is 0 Å². The Hall–Kier alpha value is -1.87. The second kappa shape index (κ2) is 7.79. The molecule has 1 aliphatic heterocycles. The fraction of sp³-hybridized carbons (Fsp3) is 0.750. The van der Waals surface area contributed by atoms with Gasteiger partial charge in [0.1, 0.15) is 18.2 Å². The van der Waals surface area contributed by atoms with Crippen LogP contribution in [-0.2, 0) is 19.1 Å². The second-order valence-corrected chi connectivity index (χ2v) is 4.73. The van der Waals surface area contributed by atoms with Crippen LogP contribution in [0.5, 0.6) is 0 Å². The van der Waals surface area contributed by atoms with Gasteiger partial charge in [0.15, 0.2) is 0 Å². The summed E-state index contributed by atoms with van der Waals surface area (Å²) >= 11 is 0. The quantitative estimate of drug-likeness (QED) is 0.571. The molecule has 1 saturated heterocycles. The third kappa shape index (κ3) is 4.87. The first-order valence-corrected chi connectivity index (χ1v) is 6.44. The topological polar surface area (TPSA) is 125 Å². The highest BCUT2D eigenvalue weighted by Crippen LogP contribution is 2.16. The van der Waals surface area contributed by atoms with Crippen LogP contribution < -0.4 is 5.32 Å². The smallest absolute Gasteiger partial charge is 0.326 e. The number of hydrogen-bond donors (Lipinski definition) is 3. The van der Waals surface area contributed by atoms with Gasteiger partial charge in [0.05, 0.1) is 13.1 Å². The van der Waals surface area contributed by atoms with Crippen LogP contribution in [0, 0.1) is 0 Å². The summed E-state index contributed by atoms with van der Waals surface area (Å²) in [6.07, 6.45) is -1.06. The number of carboxylic acids is 2. The van der Waals surface area contributed by atoms with Crippen molar-refractivity contribution in [2.75, 3.05) is 27.3 Å². The van der Waals surface area contributed by atoms with E-state index >= 15 is 0 Å². The zero-order valence-corrected chi connectivity index (χ0v) is 11.9. The molecule has 0 aromatic carbocycles. The molecule has 1 rings (SSSR count). The maximum absolute atomic E-state index is 12.0. The van der Waals surface area contributed by atoms with E-state index in [0.29, 0.717) is 0 Å². The molecule has 21 heavy (non-hydrogen) atoms. The number of nitrogens with zero attached hydrogens (tertiary/aromatic N) is 1. The fourth-order valence-corrected chi connectivity index (χ4v) is 2.13. The summed E-state index contributed by atoms with van der Waals surface area (Å²) in [6.45, 7) is 0.568. The summed E-state index contributed by atoms with van der Waals surface area (Å²) in [7, 11) is 3.01. The molecule has 2 unspecified atom stereocenters. The van der Waals surface area contributed by atoms with Crippen LogP contribution in [0.1, 0.15) is 12.8 Å². The summed E-state index contributed by atoms with van der Waals surface area (Å²) in [5.74, 6) is -2.38. The minimum atomic E-state index is -1.27. The van der Waals surface area contributed by atoms with Crippen LogP contribution in [0.25, 0.3) is 0 Å². The van der Waals surface area contributed by atoms with E-state index in [2.05, 4.69) is 5.32 Å². The van der Waals surface area contributed by atoms with Crippen molar-refractivity contribution in [1.29, 1.82) is 0 Å². The molecule has 2 amide bonds. The number of carbonyl (C=O) groups is 3. The predicted octanol–water partition coefficient (Wildman–Crippen LogP) is -0.640. The lowest BCUT2D eigenvalue weighted by Gasteiger charge is -2.20. The minimum absolute atomic E-state index is 0.175. The Morgan fingerprint density at radius 3 is 2.10 bits per heavy atom. The number of carboxylic acid groups (broad SMARTS) is 2. The van der Waals surface area contributed by atoms with E-state index < -0.39 is 24.0 Å². The lowest BCUT2D eigenvalue weighted by atomic mass is 10.1. The number of carbonyl (C=O) groups excluding carboxylic acids is 1. The number of amides is 2. The number of ether oxygens (including phenoxy) is 2. The maximum atomic E-state index is 12.0. The second-order valence-electron chi connectivity index (χ2n) is 4.73. The average molecular weight is 304 g/mol. The Morgan fingerprint density at radius 1 is 1.19 bits per heavy atom. The average Bonchev–Trinajstić information content (AvgIpc) is 2.85. The molecule has 1 heterocycles. The molecule has 1 aliphatic rings. The van der Waals surface area contributed by atoms with E-state index in [-0.39, 0.29) is 38.1 Å². The molecular formula is C12H20N2O7. The predicted molar refractivity (Wildman–Crippen MR) is 70.0 cm³/mol. The molecule has 9 heteroatoms. The normalized spacial score (nSPS) is 22.9. The first kappa shape index (κ1) is 17.2. The number of methoxy groups -OCH3 is 2. The van der Waals surface area contributed by atoms with Crippen molar-refractivity contribution in [3.8, 4) is 0 Å². The summed E-state index contributed by atoms with van der Waals surface area (Å²) in [4.78, 5) is 34.9. The first-order chi connectivity index (χ1) is 9.88. The van der Waals surface area contributed by atoms with E-state index in [9.17, 15) is 14.4 Å². The Labute approximate surface area is 121 Å². The van der Waals surface area contributed by atoms with E-state index in [1.54, 1.807) is 0 Å². The van der Waals surface area contributed by atoms with Crippen molar-refractivity contribution in [1.82, 2.24) is 10.2 Å². The van der Waals surface area contributed by atoms with E-state index in [1.165, 1.54) is 19.1 Å². The third-order valence-electron chi connectivity index (χ3n) is 3.35. The van der Waals surface area contributed by atoms with Crippen molar-refractivity contribution in [3.63, 3.8) is 0 Å². The van der Waals surface area contributed by atoms with Gasteiger partial charge in [-0.05, 0) is 6.42 Å². The first-order valence-electron chi connectivity index (χ1n) is 6.44. The van der Waals surface area contributed by atoms with Crippen molar-refractivity contribution in [3.05, 3.63) is 0 Å². The Morgan fingerprint density at radius 2 is 1.71 bits per heavy atom. The minimum Gasteiger partial charge on any atom is -0.481 e. The monoisotopic (exact) mass is 304 g/mol. The van der Waals surface area contributed by atoms with Crippen molar-refractivity contribution >= 4 is 18.0 Å². The summed E-state index contributed by atoms with van der Waals surface area (Å²) < 4.78 is 10.4. The van der Waals surface area contributed by atoms with Crippen LogP contribution in [0.4, 0.5) is 4.79 Å². The molecule has 0 saturated carbocycles. The lowest BCUT2D eigenvalue weighted by molar-refractivity contribution is -0.140. The van der Waals surface area contributed by atoms with Gasteiger partial charge in [0.25, 0.3) is 0 Å². The summed E-state index contributed by atoms with van der Waals surface area (Å²) in [6, 6.07) is -1.81. The van der Waals surface area contributed by atoms with Gasteiger partial charge < -0.3 is 29.9 Å². The van der Waals surface area contributed by atoms with Crippen molar-refractivity contribution in [2.45, 2.75) is 31.1 Å². The number of aliphatic carboxylic acids is 2. The Bertz CT molecular complexity index is 389. The van der Waals surface area contributed by atoms with Gasteiger partial charge in [0, 0.05) is 20.6 Å². The third-order valence-corrected chi connectivity index (χ3v) is 3.35. The molecule has 120 valence electrons.